The molecule has 184 valence electrons. The zero-order valence-electron chi connectivity index (χ0n) is 20.0. The Hall–Kier alpha value is -3.56. The molecule has 0 bridgehead atoms. The first-order chi connectivity index (χ1) is 16.8. The van der Waals surface area contributed by atoms with E-state index in [1.54, 1.807) is 43.5 Å². The fourth-order valence-electron chi connectivity index (χ4n) is 3.92. The van der Waals surface area contributed by atoms with Gasteiger partial charge in [0.1, 0.15) is 10.6 Å². The molecule has 3 aromatic carbocycles. The van der Waals surface area contributed by atoms with Crippen LogP contribution >= 0.6 is 0 Å². The van der Waals surface area contributed by atoms with Gasteiger partial charge in [0.15, 0.2) is 0 Å². The lowest BCUT2D eigenvalue weighted by Crippen LogP contribution is -2.37. The monoisotopic (exact) mass is 495 g/mol. The van der Waals surface area contributed by atoms with Crippen LogP contribution in [0.3, 0.4) is 0 Å². The standard InChI is InChI=1S/C26H29N3O5S/c1-18-4-5-19(2)23(16-18)26(30)27-21-8-11-24(29-12-14-34-15-13-29)25(17-21)35(31,32)28-20-6-9-22(33-3)10-7-20/h4-11,16-17,28H,12-15H2,1-3H3,(H,27,30). The first-order valence-electron chi connectivity index (χ1n) is 11.3. The van der Waals surface area contributed by atoms with Crippen LogP contribution in [-0.2, 0) is 14.8 Å². The van der Waals surface area contributed by atoms with Crippen molar-refractivity contribution in [2.75, 3.05) is 48.4 Å². The van der Waals surface area contributed by atoms with Gasteiger partial charge in [-0.25, -0.2) is 8.42 Å². The van der Waals surface area contributed by atoms with Crippen molar-refractivity contribution in [1.82, 2.24) is 0 Å². The van der Waals surface area contributed by atoms with Gasteiger partial charge in [0, 0.05) is 30.0 Å². The van der Waals surface area contributed by atoms with E-state index in [1.165, 1.54) is 6.07 Å². The number of hydrogen-bond acceptors (Lipinski definition) is 6. The maximum Gasteiger partial charge on any atom is 0.264 e. The second kappa shape index (κ2) is 10.4. The smallest absolute Gasteiger partial charge is 0.264 e. The van der Waals surface area contributed by atoms with Crippen LogP contribution in [0.1, 0.15) is 21.5 Å². The number of morpholine rings is 1. The lowest BCUT2D eigenvalue weighted by atomic mass is 10.0. The van der Waals surface area contributed by atoms with Gasteiger partial charge in [-0.3, -0.25) is 9.52 Å². The summed E-state index contributed by atoms with van der Waals surface area (Å²) in [6.07, 6.45) is 0. The number of aryl methyl sites for hydroxylation is 2. The minimum Gasteiger partial charge on any atom is -0.497 e. The molecule has 4 rings (SSSR count). The van der Waals surface area contributed by atoms with Crippen LogP contribution in [0.25, 0.3) is 0 Å². The van der Waals surface area contributed by atoms with Gasteiger partial charge >= 0.3 is 0 Å². The molecule has 0 atom stereocenters. The van der Waals surface area contributed by atoms with E-state index in [0.29, 0.717) is 54.7 Å². The second-order valence-corrected chi connectivity index (χ2v) is 10.0. The number of sulfonamides is 1. The molecule has 3 aromatic rings. The van der Waals surface area contributed by atoms with Gasteiger partial charge in [0.2, 0.25) is 0 Å². The van der Waals surface area contributed by atoms with Crippen molar-refractivity contribution in [1.29, 1.82) is 0 Å². The third-order valence-corrected chi connectivity index (χ3v) is 7.25. The highest BCUT2D eigenvalue weighted by atomic mass is 32.2. The highest BCUT2D eigenvalue weighted by molar-refractivity contribution is 7.92. The lowest BCUT2D eigenvalue weighted by Gasteiger charge is -2.30. The average Bonchev–Trinajstić information content (AvgIpc) is 2.86. The summed E-state index contributed by atoms with van der Waals surface area (Å²) in [5.74, 6) is 0.329. The minimum atomic E-state index is -3.98. The van der Waals surface area contributed by atoms with Crippen LogP contribution in [-0.4, -0.2) is 47.7 Å². The van der Waals surface area contributed by atoms with Crippen molar-refractivity contribution in [3.63, 3.8) is 0 Å². The third kappa shape index (κ3) is 5.75. The molecule has 1 fully saturated rings. The Bertz CT molecular complexity index is 1320. The highest BCUT2D eigenvalue weighted by Gasteiger charge is 2.25. The first kappa shape index (κ1) is 24.6. The molecule has 0 aliphatic carbocycles. The number of nitrogens with zero attached hydrogens (tertiary/aromatic N) is 1. The van der Waals surface area contributed by atoms with Crippen LogP contribution in [0.5, 0.6) is 5.75 Å². The summed E-state index contributed by atoms with van der Waals surface area (Å²) < 4.78 is 40.3. The molecule has 1 saturated heterocycles. The Balaban J connectivity index is 1.68. The van der Waals surface area contributed by atoms with E-state index in [9.17, 15) is 13.2 Å². The Morgan fingerprint density at radius 3 is 2.31 bits per heavy atom. The van der Waals surface area contributed by atoms with Gasteiger partial charge in [0.25, 0.3) is 15.9 Å². The number of methoxy groups -OCH3 is 1. The van der Waals surface area contributed by atoms with Gasteiger partial charge in [0.05, 0.1) is 26.0 Å². The molecule has 1 aliphatic heterocycles. The van der Waals surface area contributed by atoms with E-state index >= 15 is 0 Å². The quantitative estimate of drug-likeness (QED) is 0.510. The average molecular weight is 496 g/mol. The summed E-state index contributed by atoms with van der Waals surface area (Å²) in [5, 5.41) is 2.86. The number of nitrogens with one attached hydrogen (secondary N) is 2. The second-order valence-electron chi connectivity index (χ2n) is 8.39. The van der Waals surface area contributed by atoms with Gasteiger partial charge < -0.3 is 19.7 Å². The summed E-state index contributed by atoms with van der Waals surface area (Å²) >= 11 is 0. The predicted octanol–water partition coefficient (Wildman–Crippen LogP) is 4.20. The maximum atomic E-state index is 13.5. The lowest BCUT2D eigenvalue weighted by molar-refractivity contribution is 0.102. The Morgan fingerprint density at radius 2 is 1.63 bits per heavy atom. The summed E-state index contributed by atoms with van der Waals surface area (Å²) in [7, 11) is -2.43. The molecule has 0 unspecified atom stereocenters. The summed E-state index contributed by atoms with van der Waals surface area (Å²) in [6.45, 7) is 5.94. The number of benzene rings is 3. The molecule has 0 aromatic heterocycles. The third-order valence-electron chi connectivity index (χ3n) is 5.84. The molecular formula is C26H29N3O5S. The summed E-state index contributed by atoms with van der Waals surface area (Å²) in [5.41, 5.74) is 3.70. The topological polar surface area (TPSA) is 97.0 Å². The molecule has 8 nitrogen and oxygen atoms in total. The number of ether oxygens (including phenoxy) is 2. The zero-order chi connectivity index (χ0) is 25.0. The number of rotatable bonds is 7. The molecule has 9 heteroatoms. The van der Waals surface area contributed by atoms with Crippen LogP contribution in [0, 0.1) is 13.8 Å². The Kier molecular flexibility index (Phi) is 7.28. The molecule has 0 spiro atoms. The molecule has 2 N–H and O–H groups in total. The van der Waals surface area contributed by atoms with Crippen LogP contribution < -0.4 is 19.7 Å². The normalized spacial score (nSPS) is 13.9. The first-order valence-corrected chi connectivity index (χ1v) is 12.8. The van der Waals surface area contributed by atoms with Gasteiger partial charge in [-0.05, 0) is 67.9 Å². The minimum absolute atomic E-state index is 0.0778. The summed E-state index contributed by atoms with van der Waals surface area (Å²) in [6, 6.07) is 17.2. The predicted molar refractivity (Wildman–Crippen MR) is 137 cm³/mol. The molecule has 0 saturated carbocycles. The maximum absolute atomic E-state index is 13.5. The molecule has 1 amide bonds. The SMILES string of the molecule is COc1ccc(NS(=O)(=O)c2cc(NC(=O)c3cc(C)ccc3C)ccc2N2CCOCC2)cc1. The molecule has 35 heavy (non-hydrogen) atoms. The van der Waals surface area contributed by atoms with Crippen LogP contribution in [0.15, 0.2) is 65.6 Å². The van der Waals surface area contributed by atoms with Crippen molar-refractivity contribution < 1.29 is 22.7 Å². The van der Waals surface area contributed by atoms with E-state index in [4.69, 9.17) is 9.47 Å². The molecule has 0 radical (unpaired) electrons. The van der Waals surface area contributed by atoms with Gasteiger partial charge in [-0.2, -0.15) is 0 Å². The van der Waals surface area contributed by atoms with Crippen LogP contribution in [0.2, 0.25) is 0 Å². The Morgan fingerprint density at radius 1 is 0.943 bits per heavy atom. The van der Waals surface area contributed by atoms with Gasteiger partial charge in [-0.1, -0.05) is 17.7 Å². The van der Waals surface area contributed by atoms with Crippen molar-refractivity contribution in [3.8, 4) is 5.75 Å². The molecule has 1 heterocycles. The largest absolute Gasteiger partial charge is 0.497 e. The van der Waals surface area contributed by atoms with E-state index in [2.05, 4.69) is 10.0 Å². The van der Waals surface area contributed by atoms with Crippen molar-refractivity contribution in [2.24, 2.45) is 0 Å². The molecular weight excluding hydrogens is 466 g/mol. The van der Waals surface area contributed by atoms with E-state index in [0.717, 1.165) is 11.1 Å². The van der Waals surface area contributed by atoms with E-state index in [1.807, 2.05) is 36.9 Å². The van der Waals surface area contributed by atoms with Crippen molar-refractivity contribution in [2.45, 2.75) is 18.7 Å². The number of anilines is 3. The van der Waals surface area contributed by atoms with Crippen molar-refractivity contribution >= 4 is 33.0 Å². The number of hydrogen-bond donors (Lipinski definition) is 2. The fraction of sp³-hybridized carbons (Fsp3) is 0.269. The van der Waals surface area contributed by atoms with Crippen molar-refractivity contribution in [3.05, 3.63) is 77.4 Å². The fourth-order valence-corrected chi connectivity index (χ4v) is 5.23. The van der Waals surface area contributed by atoms with E-state index in [-0.39, 0.29) is 10.8 Å². The number of carbonyl (C=O) groups excluding carboxylic acids is 1. The highest BCUT2D eigenvalue weighted by Crippen LogP contribution is 2.31. The molecule has 1 aliphatic rings. The van der Waals surface area contributed by atoms with Crippen LogP contribution in [0.4, 0.5) is 17.1 Å². The zero-order valence-corrected chi connectivity index (χ0v) is 20.8. The Labute approximate surface area is 205 Å². The van der Waals surface area contributed by atoms with E-state index < -0.39 is 10.0 Å². The number of amides is 1. The summed E-state index contributed by atoms with van der Waals surface area (Å²) in [4.78, 5) is 15.0. The number of carbonyl (C=O) groups is 1. The van der Waals surface area contributed by atoms with Gasteiger partial charge in [-0.15, -0.1) is 0 Å².